The third kappa shape index (κ3) is 2.96. The molecule has 0 amide bonds. The van der Waals surface area contributed by atoms with Gasteiger partial charge < -0.3 is 24.8 Å². The Kier molecular flexibility index (Phi) is 4.00. The average molecular weight is 322 g/mol. The van der Waals surface area contributed by atoms with Crippen molar-refractivity contribution in [2.24, 2.45) is 0 Å². The van der Waals surface area contributed by atoms with Gasteiger partial charge >= 0.3 is 17.9 Å². The predicted molar refractivity (Wildman–Crippen MR) is 76.3 cm³/mol. The Labute approximate surface area is 130 Å². The van der Waals surface area contributed by atoms with Crippen LogP contribution in [0.3, 0.4) is 0 Å². The van der Waals surface area contributed by atoms with Crippen molar-refractivity contribution in [2.45, 2.75) is 18.9 Å². The zero-order valence-electron chi connectivity index (χ0n) is 12.3. The van der Waals surface area contributed by atoms with Gasteiger partial charge in [0.05, 0.1) is 13.5 Å². The van der Waals surface area contributed by atoms with Crippen LogP contribution < -0.4 is 4.74 Å². The van der Waals surface area contributed by atoms with Gasteiger partial charge in [-0.15, -0.1) is 0 Å². The summed E-state index contributed by atoms with van der Waals surface area (Å²) in [4.78, 5) is 34.1. The van der Waals surface area contributed by atoms with Crippen LogP contribution in [0, 0.1) is 0 Å². The van der Waals surface area contributed by atoms with Crippen LogP contribution in [0.15, 0.2) is 18.2 Å². The minimum Gasteiger partial charge on any atom is -0.507 e. The highest BCUT2D eigenvalue weighted by atomic mass is 16.6. The number of methoxy groups -OCH3 is 1. The number of rotatable bonds is 5. The summed E-state index contributed by atoms with van der Waals surface area (Å²) in [7, 11) is 1.32. The van der Waals surface area contributed by atoms with Gasteiger partial charge in [-0.3, -0.25) is 4.79 Å². The molecule has 1 heterocycles. The van der Waals surface area contributed by atoms with Gasteiger partial charge in [-0.25, -0.2) is 9.59 Å². The highest BCUT2D eigenvalue weighted by molar-refractivity contribution is 6.05. The number of hydrogen-bond donors (Lipinski definition) is 3. The number of carboxylic acids is 2. The topological polar surface area (TPSA) is 130 Å². The second kappa shape index (κ2) is 5.64. The van der Waals surface area contributed by atoms with E-state index in [1.54, 1.807) is 0 Å². The first kappa shape index (κ1) is 16.3. The molecule has 0 spiro atoms. The molecule has 0 saturated carbocycles. The SMILES string of the molecule is COc1cc(O)c(C(=O)O)c(C2=CC(=O)OC2(C)CC(=O)O)c1. The van der Waals surface area contributed by atoms with Crippen molar-refractivity contribution in [2.75, 3.05) is 7.11 Å². The molecule has 0 fully saturated rings. The van der Waals surface area contributed by atoms with E-state index in [-0.39, 0.29) is 16.9 Å². The molecule has 3 N–H and O–H groups in total. The number of benzene rings is 1. The molecule has 1 aromatic carbocycles. The molecule has 0 saturated heterocycles. The lowest BCUT2D eigenvalue weighted by Crippen LogP contribution is -2.31. The molecular weight excluding hydrogens is 308 g/mol. The number of aromatic hydroxyl groups is 1. The van der Waals surface area contributed by atoms with Gasteiger partial charge in [-0.2, -0.15) is 0 Å². The van der Waals surface area contributed by atoms with Crippen LogP contribution in [0.25, 0.3) is 5.57 Å². The number of aliphatic carboxylic acids is 1. The summed E-state index contributed by atoms with van der Waals surface area (Å²) in [5.74, 6) is -3.86. The molecule has 8 heteroatoms. The first-order chi connectivity index (χ1) is 10.7. The van der Waals surface area contributed by atoms with E-state index in [0.29, 0.717) is 0 Å². The lowest BCUT2D eigenvalue weighted by Gasteiger charge is -2.26. The third-order valence-electron chi connectivity index (χ3n) is 3.48. The zero-order valence-corrected chi connectivity index (χ0v) is 12.3. The largest absolute Gasteiger partial charge is 0.507 e. The van der Waals surface area contributed by atoms with Crippen molar-refractivity contribution in [3.8, 4) is 11.5 Å². The van der Waals surface area contributed by atoms with Crippen molar-refractivity contribution < 1.29 is 39.2 Å². The number of cyclic esters (lactones) is 1. The molecule has 0 aromatic heterocycles. The first-order valence-corrected chi connectivity index (χ1v) is 6.49. The molecule has 1 unspecified atom stereocenters. The van der Waals surface area contributed by atoms with Gasteiger partial charge in [0.15, 0.2) is 0 Å². The van der Waals surface area contributed by atoms with Gasteiger partial charge in [-0.05, 0) is 13.0 Å². The third-order valence-corrected chi connectivity index (χ3v) is 3.48. The highest BCUT2D eigenvalue weighted by Gasteiger charge is 2.43. The van der Waals surface area contributed by atoms with E-state index in [9.17, 15) is 24.6 Å². The number of esters is 1. The Balaban J connectivity index is 2.70. The van der Waals surface area contributed by atoms with Crippen LogP contribution in [-0.4, -0.2) is 45.9 Å². The second-order valence-corrected chi connectivity index (χ2v) is 5.15. The lowest BCUT2D eigenvalue weighted by molar-refractivity contribution is -0.150. The highest BCUT2D eigenvalue weighted by Crippen LogP contribution is 2.42. The minimum absolute atomic E-state index is 0.0380. The molecule has 0 aliphatic carbocycles. The Morgan fingerprint density at radius 3 is 2.48 bits per heavy atom. The Morgan fingerprint density at radius 2 is 1.96 bits per heavy atom. The van der Waals surface area contributed by atoms with E-state index < -0.39 is 41.2 Å². The first-order valence-electron chi connectivity index (χ1n) is 6.49. The van der Waals surface area contributed by atoms with E-state index in [1.165, 1.54) is 20.1 Å². The zero-order chi connectivity index (χ0) is 17.4. The van der Waals surface area contributed by atoms with Crippen molar-refractivity contribution >= 4 is 23.5 Å². The molecule has 0 radical (unpaired) electrons. The monoisotopic (exact) mass is 322 g/mol. The van der Waals surface area contributed by atoms with E-state index in [4.69, 9.17) is 14.6 Å². The van der Waals surface area contributed by atoms with Crippen LogP contribution in [0.1, 0.15) is 29.3 Å². The maximum atomic E-state index is 11.6. The van der Waals surface area contributed by atoms with Gasteiger partial charge in [0, 0.05) is 23.3 Å². The maximum absolute atomic E-state index is 11.6. The molecule has 122 valence electrons. The normalized spacial score (nSPS) is 19.9. The fourth-order valence-corrected chi connectivity index (χ4v) is 2.52. The molecule has 1 aromatic rings. The summed E-state index contributed by atoms with van der Waals surface area (Å²) >= 11 is 0. The van der Waals surface area contributed by atoms with E-state index >= 15 is 0 Å². The lowest BCUT2D eigenvalue weighted by atomic mass is 9.85. The van der Waals surface area contributed by atoms with Crippen molar-refractivity contribution in [1.29, 1.82) is 0 Å². The van der Waals surface area contributed by atoms with Crippen LogP contribution in [0.5, 0.6) is 11.5 Å². The van der Waals surface area contributed by atoms with E-state index in [2.05, 4.69) is 0 Å². The van der Waals surface area contributed by atoms with Crippen molar-refractivity contribution in [3.05, 3.63) is 29.3 Å². The summed E-state index contributed by atoms with van der Waals surface area (Å²) in [5.41, 5.74) is -2.00. The van der Waals surface area contributed by atoms with Gasteiger partial charge in [-0.1, -0.05) is 0 Å². The van der Waals surface area contributed by atoms with E-state index in [1.807, 2.05) is 0 Å². The number of hydrogen-bond acceptors (Lipinski definition) is 6. The minimum atomic E-state index is -1.55. The van der Waals surface area contributed by atoms with Gasteiger partial charge in [0.2, 0.25) is 0 Å². The molecule has 1 atom stereocenters. The molecule has 0 bridgehead atoms. The number of carboxylic acid groups (broad SMARTS) is 2. The predicted octanol–water partition coefficient (Wildman–Crippen LogP) is 1.27. The Bertz CT molecular complexity index is 733. The van der Waals surface area contributed by atoms with Crippen molar-refractivity contribution in [1.82, 2.24) is 0 Å². The van der Waals surface area contributed by atoms with Crippen LogP contribution in [0.2, 0.25) is 0 Å². The van der Waals surface area contributed by atoms with Crippen LogP contribution in [-0.2, 0) is 14.3 Å². The number of ether oxygens (including phenoxy) is 2. The van der Waals surface area contributed by atoms with E-state index in [0.717, 1.165) is 12.1 Å². The molecule has 1 aliphatic rings. The number of phenols is 1. The maximum Gasteiger partial charge on any atom is 0.340 e. The fraction of sp³-hybridized carbons (Fsp3) is 0.267. The quantitative estimate of drug-likeness (QED) is 0.691. The number of carbonyl (C=O) groups excluding carboxylic acids is 1. The Morgan fingerprint density at radius 1 is 1.30 bits per heavy atom. The van der Waals surface area contributed by atoms with Crippen molar-refractivity contribution in [3.63, 3.8) is 0 Å². The summed E-state index contributed by atoms with van der Waals surface area (Å²) in [6.45, 7) is 1.36. The van der Waals surface area contributed by atoms with Gasteiger partial charge in [0.1, 0.15) is 22.7 Å². The molecular formula is C15H14O8. The average Bonchev–Trinajstić information content (AvgIpc) is 2.70. The summed E-state index contributed by atoms with van der Waals surface area (Å²) in [6.07, 6.45) is 0.463. The molecule has 8 nitrogen and oxygen atoms in total. The smallest absolute Gasteiger partial charge is 0.340 e. The Hall–Kier alpha value is -3.03. The summed E-state index contributed by atoms with van der Waals surface area (Å²) in [5, 5.41) is 28.3. The summed E-state index contributed by atoms with van der Waals surface area (Å²) in [6, 6.07) is 2.41. The molecule has 23 heavy (non-hydrogen) atoms. The molecule has 1 aliphatic heterocycles. The number of aromatic carboxylic acids is 1. The molecule has 2 rings (SSSR count). The van der Waals surface area contributed by atoms with Gasteiger partial charge in [0.25, 0.3) is 0 Å². The second-order valence-electron chi connectivity index (χ2n) is 5.15. The number of carbonyl (C=O) groups is 3. The van der Waals surface area contributed by atoms with Crippen LogP contribution >= 0.6 is 0 Å². The fourth-order valence-electron chi connectivity index (χ4n) is 2.52. The van der Waals surface area contributed by atoms with Crippen LogP contribution in [0.4, 0.5) is 0 Å². The standard InChI is InChI=1S/C15H14O8/c1-15(6-11(17)18)9(5-12(19)23-15)8-3-7(22-2)4-10(16)13(8)14(20)21/h3-5,16H,6H2,1-2H3,(H,17,18)(H,20,21). The summed E-state index contributed by atoms with van der Waals surface area (Å²) < 4.78 is 10.0.